The summed E-state index contributed by atoms with van der Waals surface area (Å²) >= 11 is 0. The Balaban J connectivity index is 2.16. The summed E-state index contributed by atoms with van der Waals surface area (Å²) in [6.45, 7) is 0.645. The molecular formula is C9H17N3O3. The second-order valence-electron chi connectivity index (χ2n) is 3.54. The van der Waals surface area contributed by atoms with E-state index in [0.29, 0.717) is 13.1 Å². The molecule has 1 aliphatic carbocycles. The molecule has 86 valence electrons. The van der Waals surface area contributed by atoms with Crippen LogP contribution in [0.3, 0.4) is 0 Å². The highest BCUT2D eigenvalue weighted by molar-refractivity contribution is 6.35. The molecule has 1 aliphatic rings. The van der Waals surface area contributed by atoms with Gasteiger partial charge >= 0.3 is 11.8 Å². The molecule has 0 atom stereocenters. The summed E-state index contributed by atoms with van der Waals surface area (Å²) < 4.78 is 5.05. The van der Waals surface area contributed by atoms with Crippen molar-refractivity contribution in [3.05, 3.63) is 0 Å². The number of rotatable bonds is 4. The predicted octanol–water partition coefficient (Wildman–Crippen LogP) is -1.65. The van der Waals surface area contributed by atoms with Crippen molar-refractivity contribution in [3.63, 3.8) is 0 Å². The van der Waals surface area contributed by atoms with Crippen LogP contribution in [0.1, 0.15) is 12.8 Å². The van der Waals surface area contributed by atoms with Gasteiger partial charge in [0.1, 0.15) is 0 Å². The molecule has 1 saturated carbocycles. The van der Waals surface area contributed by atoms with Crippen LogP contribution >= 0.6 is 0 Å². The molecule has 0 aromatic rings. The smallest absolute Gasteiger partial charge is 0.309 e. The van der Waals surface area contributed by atoms with Crippen LogP contribution in [0.25, 0.3) is 0 Å². The van der Waals surface area contributed by atoms with E-state index in [1.54, 1.807) is 7.11 Å². The highest BCUT2D eigenvalue weighted by Gasteiger charge is 2.31. The van der Waals surface area contributed by atoms with E-state index in [2.05, 4.69) is 10.6 Å². The third-order valence-corrected chi connectivity index (χ3v) is 2.40. The lowest BCUT2D eigenvalue weighted by atomic mass is 9.89. The maximum atomic E-state index is 11.2. The van der Waals surface area contributed by atoms with E-state index in [1.165, 1.54) is 0 Å². The highest BCUT2D eigenvalue weighted by atomic mass is 16.5. The van der Waals surface area contributed by atoms with Crippen molar-refractivity contribution in [2.45, 2.75) is 25.0 Å². The zero-order chi connectivity index (χ0) is 11.3. The Hall–Kier alpha value is -1.14. The molecule has 6 heteroatoms. The second-order valence-corrected chi connectivity index (χ2v) is 3.54. The van der Waals surface area contributed by atoms with E-state index in [1.807, 2.05) is 0 Å². The van der Waals surface area contributed by atoms with Crippen molar-refractivity contribution >= 4 is 11.8 Å². The first-order chi connectivity index (χ1) is 7.17. The number of hydrogen-bond donors (Lipinski definition) is 3. The average Bonchev–Trinajstić information content (AvgIpc) is 2.18. The Bertz CT molecular complexity index is 239. The lowest BCUT2D eigenvalue weighted by Gasteiger charge is -2.34. The molecule has 0 radical (unpaired) electrons. The Morgan fingerprint density at radius 1 is 1.40 bits per heavy atom. The van der Waals surface area contributed by atoms with Crippen molar-refractivity contribution in [1.29, 1.82) is 0 Å². The summed E-state index contributed by atoms with van der Waals surface area (Å²) in [6, 6.07) is 0.0612. The fourth-order valence-corrected chi connectivity index (χ4v) is 1.39. The van der Waals surface area contributed by atoms with Gasteiger partial charge in [-0.25, -0.2) is 0 Å². The first-order valence-corrected chi connectivity index (χ1v) is 4.99. The zero-order valence-corrected chi connectivity index (χ0v) is 8.79. The molecule has 4 N–H and O–H groups in total. The second kappa shape index (κ2) is 5.67. The van der Waals surface area contributed by atoms with Crippen molar-refractivity contribution in [2.75, 3.05) is 20.2 Å². The Kier molecular flexibility index (Phi) is 4.51. The van der Waals surface area contributed by atoms with E-state index < -0.39 is 11.8 Å². The van der Waals surface area contributed by atoms with Crippen LogP contribution < -0.4 is 16.4 Å². The maximum Gasteiger partial charge on any atom is 0.309 e. The lowest BCUT2D eigenvalue weighted by Crippen LogP contribution is -2.52. The van der Waals surface area contributed by atoms with Crippen molar-refractivity contribution in [3.8, 4) is 0 Å². The number of nitrogens with two attached hydrogens (primary N) is 1. The molecule has 15 heavy (non-hydrogen) atoms. The molecule has 0 saturated heterocycles. The van der Waals surface area contributed by atoms with E-state index >= 15 is 0 Å². The van der Waals surface area contributed by atoms with Crippen LogP contribution in [0.5, 0.6) is 0 Å². The molecule has 2 amide bonds. The van der Waals surface area contributed by atoms with Crippen molar-refractivity contribution < 1.29 is 14.3 Å². The quantitative estimate of drug-likeness (QED) is 0.490. The van der Waals surface area contributed by atoms with E-state index in [0.717, 1.165) is 12.8 Å². The van der Waals surface area contributed by atoms with Crippen LogP contribution in [-0.2, 0) is 14.3 Å². The minimum absolute atomic E-state index is 0.0612. The molecule has 0 unspecified atom stereocenters. The third-order valence-electron chi connectivity index (χ3n) is 2.40. The molecule has 0 aliphatic heterocycles. The fraction of sp³-hybridized carbons (Fsp3) is 0.778. The maximum absolute atomic E-state index is 11.2. The molecule has 0 spiro atoms. The predicted molar refractivity (Wildman–Crippen MR) is 54.0 cm³/mol. The monoisotopic (exact) mass is 215 g/mol. The molecule has 1 rings (SSSR count). The van der Waals surface area contributed by atoms with Crippen LogP contribution in [0.2, 0.25) is 0 Å². The number of carbonyl (C=O) groups excluding carboxylic acids is 2. The topological polar surface area (TPSA) is 93.4 Å². The number of methoxy groups -OCH3 is 1. The Morgan fingerprint density at radius 2 is 2.07 bits per heavy atom. The van der Waals surface area contributed by atoms with Crippen LogP contribution in [0, 0.1) is 0 Å². The van der Waals surface area contributed by atoms with Gasteiger partial charge in [-0.1, -0.05) is 0 Å². The van der Waals surface area contributed by atoms with E-state index in [4.69, 9.17) is 10.5 Å². The van der Waals surface area contributed by atoms with Crippen molar-refractivity contribution in [2.24, 2.45) is 5.73 Å². The average molecular weight is 215 g/mol. The van der Waals surface area contributed by atoms with Gasteiger partial charge in [0.05, 0.1) is 6.10 Å². The van der Waals surface area contributed by atoms with E-state index in [-0.39, 0.29) is 12.1 Å². The van der Waals surface area contributed by atoms with Gasteiger partial charge in [-0.3, -0.25) is 9.59 Å². The van der Waals surface area contributed by atoms with Gasteiger partial charge in [-0.05, 0) is 12.8 Å². The van der Waals surface area contributed by atoms with Gasteiger partial charge in [-0.15, -0.1) is 0 Å². The molecule has 0 aromatic carbocycles. The zero-order valence-electron chi connectivity index (χ0n) is 8.79. The summed E-state index contributed by atoms with van der Waals surface area (Å²) in [4.78, 5) is 22.4. The number of nitrogens with one attached hydrogen (secondary N) is 2. The Morgan fingerprint density at radius 3 is 2.60 bits per heavy atom. The summed E-state index contributed by atoms with van der Waals surface area (Å²) in [7, 11) is 1.64. The Labute approximate surface area is 88.5 Å². The highest BCUT2D eigenvalue weighted by Crippen LogP contribution is 2.22. The minimum Gasteiger partial charge on any atom is -0.381 e. The molecule has 0 bridgehead atoms. The summed E-state index contributed by atoms with van der Waals surface area (Å²) in [5.41, 5.74) is 5.19. The largest absolute Gasteiger partial charge is 0.381 e. The van der Waals surface area contributed by atoms with Crippen LogP contribution in [0.4, 0.5) is 0 Å². The number of carbonyl (C=O) groups is 2. The first kappa shape index (κ1) is 11.9. The van der Waals surface area contributed by atoms with Gasteiger partial charge < -0.3 is 21.1 Å². The molecule has 0 heterocycles. The number of hydrogen-bond acceptors (Lipinski definition) is 4. The molecule has 0 aromatic heterocycles. The minimum atomic E-state index is -0.624. The molecule has 1 fully saturated rings. The summed E-state index contributed by atoms with van der Waals surface area (Å²) in [6.07, 6.45) is 1.75. The van der Waals surface area contributed by atoms with Crippen LogP contribution in [-0.4, -0.2) is 44.2 Å². The summed E-state index contributed by atoms with van der Waals surface area (Å²) in [5.74, 6) is -1.22. The van der Waals surface area contributed by atoms with Gasteiger partial charge in [0.25, 0.3) is 0 Å². The lowest BCUT2D eigenvalue weighted by molar-refractivity contribution is -0.140. The van der Waals surface area contributed by atoms with Crippen molar-refractivity contribution in [1.82, 2.24) is 10.6 Å². The van der Waals surface area contributed by atoms with Gasteiger partial charge in [0.15, 0.2) is 0 Å². The third kappa shape index (κ3) is 3.49. The number of amides is 2. The van der Waals surface area contributed by atoms with Crippen LogP contribution in [0.15, 0.2) is 0 Å². The normalized spacial score (nSPS) is 24.1. The van der Waals surface area contributed by atoms with Gasteiger partial charge in [0.2, 0.25) is 0 Å². The number of ether oxygens (including phenoxy) is 1. The molecule has 6 nitrogen and oxygen atoms in total. The fourth-order valence-electron chi connectivity index (χ4n) is 1.39. The van der Waals surface area contributed by atoms with Gasteiger partial charge in [-0.2, -0.15) is 0 Å². The van der Waals surface area contributed by atoms with Gasteiger partial charge in [0, 0.05) is 26.2 Å². The molecular weight excluding hydrogens is 198 g/mol. The standard InChI is InChI=1S/C9H17N3O3/c1-15-7-4-6(5-7)12-9(14)8(13)11-3-2-10/h6-7H,2-5,10H2,1H3,(H,11,13)(H,12,14). The summed E-state index contributed by atoms with van der Waals surface area (Å²) in [5, 5.41) is 5.02. The van der Waals surface area contributed by atoms with E-state index in [9.17, 15) is 9.59 Å². The first-order valence-electron chi connectivity index (χ1n) is 4.99. The SMILES string of the molecule is COC1CC(NC(=O)C(=O)NCCN)C1.